The van der Waals surface area contributed by atoms with Crippen molar-refractivity contribution < 1.29 is 22.0 Å². The van der Waals surface area contributed by atoms with Crippen molar-refractivity contribution in [2.24, 2.45) is 11.8 Å². The van der Waals surface area contributed by atoms with Gasteiger partial charge >= 0.3 is 0 Å². The summed E-state index contributed by atoms with van der Waals surface area (Å²) in [4.78, 5) is 0. The van der Waals surface area contributed by atoms with Gasteiger partial charge in [-0.2, -0.15) is 0 Å². The molecule has 5 heteroatoms. The van der Waals surface area contributed by atoms with E-state index in [-0.39, 0.29) is 6.67 Å². The molecule has 26 heavy (non-hydrogen) atoms. The molecule has 0 spiro atoms. The van der Waals surface area contributed by atoms with Crippen LogP contribution in [-0.2, 0) is 6.42 Å². The minimum absolute atomic E-state index is 0.252. The minimum Gasteiger partial charge on any atom is -0.251 e. The van der Waals surface area contributed by atoms with Crippen LogP contribution in [0.5, 0.6) is 0 Å². The molecule has 0 aromatic heterocycles. The quantitative estimate of drug-likeness (QED) is 0.241. The van der Waals surface area contributed by atoms with Crippen molar-refractivity contribution in [3.05, 3.63) is 47.0 Å². The molecule has 0 nitrogen and oxygen atoms in total. The number of alkyl halides is 3. The Kier molecular flexibility index (Phi) is 8.60. The van der Waals surface area contributed by atoms with Gasteiger partial charge in [-0.25, -0.2) is 17.6 Å². The van der Waals surface area contributed by atoms with Crippen molar-refractivity contribution in [1.29, 1.82) is 0 Å². The van der Waals surface area contributed by atoms with Gasteiger partial charge in [-0.3, -0.25) is 4.39 Å². The van der Waals surface area contributed by atoms with Gasteiger partial charge in [0, 0.05) is 0 Å². The highest BCUT2D eigenvalue weighted by Crippen LogP contribution is 2.33. The minimum atomic E-state index is -3.13. The number of hydrogen-bond donors (Lipinski definition) is 0. The van der Waals surface area contributed by atoms with Crippen molar-refractivity contribution in [2.45, 2.75) is 64.2 Å². The predicted molar refractivity (Wildman–Crippen MR) is 94.1 cm³/mol. The zero-order valence-electron chi connectivity index (χ0n) is 15.0. The van der Waals surface area contributed by atoms with Gasteiger partial charge in [0.05, 0.1) is 12.2 Å². The first-order valence-corrected chi connectivity index (χ1v) is 9.49. The molecule has 0 aliphatic heterocycles. The molecule has 0 saturated heterocycles. The second-order valence-corrected chi connectivity index (χ2v) is 7.21. The van der Waals surface area contributed by atoms with E-state index < -0.39 is 23.6 Å². The fourth-order valence-corrected chi connectivity index (χ4v) is 3.68. The van der Waals surface area contributed by atoms with Crippen molar-refractivity contribution >= 4 is 0 Å². The van der Waals surface area contributed by atoms with Crippen molar-refractivity contribution in [3.63, 3.8) is 0 Å². The third kappa shape index (κ3) is 6.40. The molecule has 1 aliphatic carbocycles. The molecule has 0 bridgehead atoms. The van der Waals surface area contributed by atoms with E-state index >= 15 is 0 Å². The second-order valence-electron chi connectivity index (χ2n) is 7.21. The summed E-state index contributed by atoms with van der Waals surface area (Å²) >= 11 is 0. The van der Waals surface area contributed by atoms with E-state index in [1.807, 2.05) is 0 Å². The largest absolute Gasteiger partial charge is 0.269 e. The number of rotatable bonds is 9. The van der Waals surface area contributed by atoms with Crippen LogP contribution in [0.15, 0.2) is 24.3 Å². The van der Waals surface area contributed by atoms with E-state index in [2.05, 4.69) is 12.2 Å². The Morgan fingerprint density at radius 2 is 1.65 bits per heavy atom. The number of halogens is 5. The zero-order valence-corrected chi connectivity index (χ0v) is 15.0. The van der Waals surface area contributed by atoms with Gasteiger partial charge in [0.1, 0.15) is 11.6 Å². The van der Waals surface area contributed by atoms with Crippen LogP contribution in [0.2, 0.25) is 0 Å². The third-order valence-electron chi connectivity index (χ3n) is 5.25. The van der Waals surface area contributed by atoms with E-state index in [0.29, 0.717) is 30.2 Å². The van der Waals surface area contributed by atoms with E-state index in [0.717, 1.165) is 57.1 Å². The third-order valence-corrected chi connectivity index (χ3v) is 5.25. The Bertz CT molecular complexity index is 551. The van der Waals surface area contributed by atoms with E-state index in [1.54, 1.807) is 0 Å². The van der Waals surface area contributed by atoms with Crippen LogP contribution in [0.3, 0.4) is 0 Å². The van der Waals surface area contributed by atoms with Crippen LogP contribution < -0.4 is 0 Å². The Morgan fingerprint density at radius 1 is 1.00 bits per heavy atom. The molecule has 0 N–H and O–H groups in total. The van der Waals surface area contributed by atoms with Gasteiger partial charge in [-0.1, -0.05) is 12.2 Å². The zero-order chi connectivity index (χ0) is 18.9. The van der Waals surface area contributed by atoms with Crippen molar-refractivity contribution in [1.82, 2.24) is 0 Å². The lowest BCUT2D eigenvalue weighted by Crippen LogP contribution is -2.14. The topological polar surface area (TPSA) is 0 Å². The fraction of sp³-hybridized carbons (Fsp3) is 0.619. The highest BCUT2D eigenvalue weighted by Gasteiger charge is 2.22. The molecule has 1 aromatic carbocycles. The molecular weight excluding hydrogens is 347 g/mol. The van der Waals surface area contributed by atoms with E-state index in [4.69, 9.17) is 0 Å². The SMILES string of the molecule is FCCCCC=CC1CCC(CCc2cc(F)c(C(F)F)c(F)c2)CC1. The molecule has 1 saturated carbocycles. The second kappa shape index (κ2) is 10.7. The fourth-order valence-electron chi connectivity index (χ4n) is 3.68. The number of allylic oxidation sites excluding steroid dienone is 2. The summed E-state index contributed by atoms with van der Waals surface area (Å²) in [5.41, 5.74) is -0.688. The van der Waals surface area contributed by atoms with Gasteiger partial charge < -0.3 is 0 Å². The van der Waals surface area contributed by atoms with Gasteiger partial charge in [0.2, 0.25) is 0 Å². The monoisotopic (exact) mass is 374 g/mol. The first-order valence-electron chi connectivity index (χ1n) is 9.49. The molecule has 1 aliphatic rings. The lowest BCUT2D eigenvalue weighted by molar-refractivity contribution is 0.141. The Labute approximate surface area is 152 Å². The van der Waals surface area contributed by atoms with E-state index in [1.165, 1.54) is 0 Å². The van der Waals surface area contributed by atoms with Crippen LogP contribution >= 0.6 is 0 Å². The Hall–Kier alpha value is -1.39. The summed E-state index contributed by atoms with van der Waals surface area (Å²) in [6.45, 7) is -0.252. The van der Waals surface area contributed by atoms with Crippen LogP contribution in [0.1, 0.15) is 68.9 Å². The maximum absolute atomic E-state index is 13.6. The average molecular weight is 374 g/mol. The maximum atomic E-state index is 13.6. The summed E-state index contributed by atoms with van der Waals surface area (Å²) in [6, 6.07) is 2.08. The summed E-state index contributed by atoms with van der Waals surface area (Å²) in [5.74, 6) is -1.24. The molecule has 0 atom stereocenters. The summed E-state index contributed by atoms with van der Waals surface area (Å²) in [6.07, 6.45) is 9.34. The molecular formula is C21H27F5. The molecule has 1 fully saturated rings. The van der Waals surface area contributed by atoms with Gasteiger partial charge in [-0.15, -0.1) is 0 Å². The first-order chi connectivity index (χ1) is 12.5. The normalized spacial score (nSPS) is 21.0. The summed E-state index contributed by atoms with van der Waals surface area (Å²) in [7, 11) is 0. The molecule has 0 unspecified atom stereocenters. The van der Waals surface area contributed by atoms with Crippen LogP contribution in [0.25, 0.3) is 0 Å². The van der Waals surface area contributed by atoms with Crippen LogP contribution in [-0.4, -0.2) is 6.67 Å². The molecule has 0 amide bonds. The molecule has 0 radical (unpaired) electrons. The maximum Gasteiger partial charge on any atom is 0.269 e. The predicted octanol–water partition coefficient (Wildman–Crippen LogP) is 7.34. The summed E-state index contributed by atoms with van der Waals surface area (Å²) in [5, 5.41) is 0. The van der Waals surface area contributed by atoms with Gasteiger partial charge in [-0.05, 0) is 87.3 Å². The smallest absolute Gasteiger partial charge is 0.251 e. The standard InChI is InChI=1S/C21H27F5/c22-12-4-2-1-3-5-15-6-8-16(9-7-15)10-11-17-13-18(23)20(21(25)26)19(24)14-17/h3,5,13-16,21H,1-2,4,6-12H2. The average Bonchev–Trinajstić information content (AvgIpc) is 2.60. The number of unbranched alkanes of at least 4 members (excludes halogenated alkanes) is 2. The number of aryl methyl sites for hydroxylation is 1. The Morgan fingerprint density at radius 3 is 2.23 bits per heavy atom. The molecule has 2 rings (SSSR count). The number of hydrogen-bond acceptors (Lipinski definition) is 0. The molecule has 1 aromatic rings. The van der Waals surface area contributed by atoms with Gasteiger partial charge in [0.15, 0.2) is 0 Å². The highest BCUT2D eigenvalue weighted by molar-refractivity contribution is 5.27. The van der Waals surface area contributed by atoms with Gasteiger partial charge in [0.25, 0.3) is 6.43 Å². The van der Waals surface area contributed by atoms with Crippen molar-refractivity contribution in [2.75, 3.05) is 6.67 Å². The molecule has 146 valence electrons. The number of benzene rings is 1. The van der Waals surface area contributed by atoms with Crippen LogP contribution in [0.4, 0.5) is 22.0 Å². The Balaban J connectivity index is 1.75. The van der Waals surface area contributed by atoms with E-state index in [9.17, 15) is 22.0 Å². The lowest BCUT2D eigenvalue weighted by Gasteiger charge is -2.26. The van der Waals surface area contributed by atoms with Crippen molar-refractivity contribution in [3.8, 4) is 0 Å². The van der Waals surface area contributed by atoms with Crippen LogP contribution in [0, 0.1) is 23.5 Å². The lowest BCUT2D eigenvalue weighted by atomic mass is 9.79. The summed E-state index contributed by atoms with van der Waals surface area (Å²) < 4.78 is 64.4. The highest BCUT2D eigenvalue weighted by atomic mass is 19.3. The first kappa shape index (κ1) is 20.9. The molecule has 0 heterocycles.